The monoisotopic (exact) mass is 268 g/mol. The van der Waals surface area contributed by atoms with Crippen LogP contribution in [0, 0.1) is 0 Å². The number of benzene rings is 2. The summed E-state index contributed by atoms with van der Waals surface area (Å²) in [5.41, 5.74) is 9.05. The average molecular weight is 268 g/mol. The fourth-order valence-corrected chi connectivity index (χ4v) is 2.17. The van der Waals surface area contributed by atoms with Crippen LogP contribution in [0.2, 0.25) is 0 Å². The summed E-state index contributed by atoms with van der Waals surface area (Å²) >= 11 is 0. The van der Waals surface area contributed by atoms with E-state index in [-0.39, 0.29) is 18.4 Å². The van der Waals surface area contributed by atoms with Crippen LogP contribution >= 0.6 is 0 Å². The SMILES string of the molecule is CCc1ccccc1NC(=O)CC(N)c1ccccc1. The van der Waals surface area contributed by atoms with Gasteiger partial charge in [-0.3, -0.25) is 4.79 Å². The van der Waals surface area contributed by atoms with Crippen molar-refractivity contribution >= 4 is 11.6 Å². The van der Waals surface area contributed by atoms with Crippen molar-refractivity contribution in [1.29, 1.82) is 0 Å². The highest BCUT2D eigenvalue weighted by molar-refractivity contribution is 5.91. The van der Waals surface area contributed by atoms with Crippen LogP contribution in [-0.4, -0.2) is 5.91 Å². The van der Waals surface area contributed by atoms with Gasteiger partial charge in [0.2, 0.25) is 5.91 Å². The van der Waals surface area contributed by atoms with Crippen LogP contribution in [0.5, 0.6) is 0 Å². The van der Waals surface area contributed by atoms with Gasteiger partial charge in [0.05, 0.1) is 0 Å². The third-order valence-corrected chi connectivity index (χ3v) is 3.31. The molecule has 0 radical (unpaired) electrons. The van der Waals surface area contributed by atoms with Crippen LogP contribution in [0.15, 0.2) is 54.6 Å². The van der Waals surface area contributed by atoms with Crippen molar-refractivity contribution in [3.63, 3.8) is 0 Å². The van der Waals surface area contributed by atoms with Crippen LogP contribution in [0.3, 0.4) is 0 Å². The molecule has 0 saturated heterocycles. The summed E-state index contributed by atoms with van der Waals surface area (Å²) in [6.45, 7) is 2.07. The van der Waals surface area contributed by atoms with Gasteiger partial charge in [0, 0.05) is 18.2 Å². The number of amides is 1. The van der Waals surface area contributed by atoms with Crippen molar-refractivity contribution in [2.45, 2.75) is 25.8 Å². The Bertz CT molecular complexity index is 566. The minimum Gasteiger partial charge on any atom is -0.326 e. The van der Waals surface area contributed by atoms with Crippen LogP contribution in [0.4, 0.5) is 5.69 Å². The van der Waals surface area contributed by atoms with Crippen molar-refractivity contribution < 1.29 is 4.79 Å². The number of rotatable bonds is 5. The first-order valence-corrected chi connectivity index (χ1v) is 6.89. The molecule has 104 valence electrons. The highest BCUT2D eigenvalue weighted by Gasteiger charge is 2.12. The molecule has 0 aromatic heterocycles. The summed E-state index contributed by atoms with van der Waals surface area (Å²) in [6.07, 6.45) is 1.17. The fourth-order valence-electron chi connectivity index (χ4n) is 2.17. The van der Waals surface area contributed by atoms with Gasteiger partial charge in [0.15, 0.2) is 0 Å². The van der Waals surface area contributed by atoms with Gasteiger partial charge in [-0.25, -0.2) is 0 Å². The Labute approximate surface area is 119 Å². The zero-order chi connectivity index (χ0) is 14.4. The first-order chi connectivity index (χ1) is 9.70. The fraction of sp³-hybridized carbons (Fsp3) is 0.235. The predicted octanol–water partition coefficient (Wildman–Crippen LogP) is 3.28. The normalized spacial score (nSPS) is 11.9. The maximum absolute atomic E-state index is 12.1. The molecule has 20 heavy (non-hydrogen) atoms. The molecule has 0 heterocycles. The number of aryl methyl sites for hydroxylation is 1. The topological polar surface area (TPSA) is 55.1 Å². The van der Waals surface area contributed by atoms with Crippen LogP contribution in [-0.2, 0) is 11.2 Å². The number of anilines is 1. The van der Waals surface area contributed by atoms with E-state index in [0.717, 1.165) is 23.2 Å². The molecule has 0 saturated carbocycles. The molecule has 3 N–H and O–H groups in total. The van der Waals surface area contributed by atoms with Gasteiger partial charge < -0.3 is 11.1 Å². The van der Waals surface area contributed by atoms with Gasteiger partial charge in [0.25, 0.3) is 0 Å². The summed E-state index contributed by atoms with van der Waals surface area (Å²) in [6, 6.07) is 17.3. The molecule has 3 heteroatoms. The molecule has 1 atom stereocenters. The Kier molecular flexibility index (Phi) is 4.91. The van der Waals surface area contributed by atoms with E-state index in [1.807, 2.05) is 54.6 Å². The van der Waals surface area contributed by atoms with E-state index in [1.165, 1.54) is 0 Å². The molecule has 2 aromatic carbocycles. The van der Waals surface area contributed by atoms with E-state index in [9.17, 15) is 4.79 Å². The molecule has 2 rings (SSSR count). The predicted molar refractivity (Wildman–Crippen MR) is 82.4 cm³/mol. The number of carbonyl (C=O) groups excluding carboxylic acids is 1. The lowest BCUT2D eigenvalue weighted by atomic mass is 10.0. The summed E-state index contributed by atoms with van der Waals surface area (Å²) in [5, 5.41) is 2.94. The van der Waals surface area contributed by atoms with E-state index in [2.05, 4.69) is 12.2 Å². The summed E-state index contributed by atoms with van der Waals surface area (Å²) < 4.78 is 0. The Balaban J connectivity index is 1.99. The second-order valence-corrected chi connectivity index (χ2v) is 4.78. The van der Waals surface area contributed by atoms with Crippen molar-refractivity contribution in [1.82, 2.24) is 0 Å². The van der Waals surface area contributed by atoms with Crippen molar-refractivity contribution in [2.75, 3.05) is 5.32 Å². The summed E-state index contributed by atoms with van der Waals surface area (Å²) in [4.78, 5) is 12.1. The van der Waals surface area contributed by atoms with E-state index >= 15 is 0 Å². The smallest absolute Gasteiger partial charge is 0.226 e. The standard InChI is InChI=1S/C17H20N2O/c1-2-13-8-6-7-11-16(13)19-17(20)12-15(18)14-9-4-3-5-10-14/h3-11,15H,2,12,18H2,1H3,(H,19,20). The average Bonchev–Trinajstić information content (AvgIpc) is 2.48. The Morgan fingerprint density at radius 1 is 1.10 bits per heavy atom. The second kappa shape index (κ2) is 6.87. The molecule has 1 amide bonds. The van der Waals surface area contributed by atoms with Gasteiger partial charge in [-0.2, -0.15) is 0 Å². The first-order valence-electron chi connectivity index (χ1n) is 6.89. The zero-order valence-electron chi connectivity index (χ0n) is 11.7. The summed E-state index contributed by atoms with van der Waals surface area (Å²) in [5.74, 6) is -0.0535. The maximum atomic E-state index is 12.1. The molecular weight excluding hydrogens is 248 g/mol. The maximum Gasteiger partial charge on any atom is 0.226 e. The molecule has 1 unspecified atom stereocenters. The van der Waals surface area contributed by atoms with E-state index in [4.69, 9.17) is 5.73 Å². The highest BCUT2D eigenvalue weighted by atomic mass is 16.1. The zero-order valence-corrected chi connectivity index (χ0v) is 11.7. The third kappa shape index (κ3) is 3.68. The molecule has 0 aliphatic rings. The van der Waals surface area contributed by atoms with E-state index < -0.39 is 0 Å². The second-order valence-electron chi connectivity index (χ2n) is 4.78. The number of hydrogen-bond acceptors (Lipinski definition) is 2. The first kappa shape index (κ1) is 14.3. The number of nitrogens with two attached hydrogens (primary N) is 1. The molecule has 0 spiro atoms. The van der Waals surface area contributed by atoms with Crippen LogP contribution in [0.25, 0.3) is 0 Å². The lowest BCUT2D eigenvalue weighted by Gasteiger charge is -2.13. The van der Waals surface area contributed by atoms with Crippen molar-refractivity contribution in [3.05, 3.63) is 65.7 Å². The van der Waals surface area contributed by atoms with Gasteiger partial charge >= 0.3 is 0 Å². The number of nitrogens with one attached hydrogen (secondary N) is 1. The molecule has 2 aromatic rings. The molecule has 0 aliphatic carbocycles. The lowest BCUT2D eigenvalue weighted by molar-refractivity contribution is -0.116. The minimum absolute atomic E-state index is 0.0535. The molecular formula is C17H20N2O. The molecule has 0 aliphatic heterocycles. The quantitative estimate of drug-likeness (QED) is 0.874. The van der Waals surface area contributed by atoms with Gasteiger partial charge in [0.1, 0.15) is 0 Å². The van der Waals surface area contributed by atoms with Gasteiger partial charge in [-0.1, -0.05) is 55.5 Å². The van der Waals surface area contributed by atoms with Crippen molar-refractivity contribution in [3.8, 4) is 0 Å². The van der Waals surface area contributed by atoms with Crippen LogP contribution in [0.1, 0.15) is 30.5 Å². The molecule has 0 fully saturated rings. The Morgan fingerprint density at radius 2 is 1.75 bits per heavy atom. The third-order valence-electron chi connectivity index (χ3n) is 3.31. The number of carbonyl (C=O) groups is 1. The minimum atomic E-state index is -0.273. The highest BCUT2D eigenvalue weighted by Crippen LogP contribution is 2.18. The van der Waals surface area contributed by atoms with E-state index in [1.54, 1.807) is 0 Å². The van der Waals surface area contributed by atoms with E-state index in [0.29, 0.717) is 0 Å². The molecule has 3 nitrogen and oxygen atoms in total. The van der Waals surface area contributed by atoms with Gasteiger partial charge in [-0.15, -0.1) is 0 Å². The van der Waals surface area contributed by atoms with Crippen molar-refractivity contribution in [2.24, 2.45) is 5.73 Å². The number of para-hydroxylation sites is 1. The Hall–Kier alpha value is -2.13. The largest absolute Gasteiger partial charge is 0.326 e. The lowest BCUT2D eigenvalue weighted by Crippen LogP contribution is -2.21. The summed E-state index contributed by atoms with van der Waals surface area (Å²) in [7, 11) is 0. The molecule has 0 bridgehead atoms. The Morgan fingerprint density at radius 3 is 2.45 bits per heavy atom. The van der Waals surface area contributed by atoms with Gasteiger partial charge in [-0.05, 0) is 23.6 Å². The van der Waals surface area contributed by atoms with Crippen LogP contribution < -0.4 is 11.1 Å². The number of hydrogen-bond donors (Lipinski definition) is 2.